The maximum Gasteiger partial charge on any atom is 0.293 e. The summed E-state index contributed by atoms with van der Waals surface area (Å²) in [6, 6.07) is 14.2. The summed E-state index contributed by atoms with van der Waals surface area (Å²) in [5.41, 5.74) is 2.04. The number of hydrogen-bond acceptors (Lipinski definition) is 5. The number of halogens is 1. The molecule has 2 heterocycles. The molecule has 1 amide bonds. The van der Waals surface area contributed by atoms with Crippen molar-refractivity contribution in [1.82, 2.24) is 19.6 Å². The van der Waals surface area contributed by atoms with E-state index in [2.05, 4.69) is 15.5 Å². The van der Waals surface area contributed by atoms with Gasteiger partial charge in [0, 0.05) is 28.1 Å². The highest BCUT2D eigenvalue weighted by Gasteiger charge is 2.30. The van der Waals surface area contributed by atoms with Gasteiger partial charge in [-0.15, -0.1) is 0 Å². The van der Waals surface area contributed by atoms with Crippen molar-refractivity contribution in [2.75, 3.05) is 12.4 Å². The number of fused-ring (bicyclic) bond motifs is 1. The summed E-state index contributed by atoms with van der Waals surface area (Å²) in [6.07, 6.45) is 3.66. The van der Waals surface area contributed by atoms with Gasteiger partial charge in [0.1, 0.15) is 17.8 Å². The molecule has 9 heteroatoms. The quantitative estimate of drug-likeness (QED) is 0.484. The van der Waals surface area contributed by atoms with Crippen molar-refractivity contribution in [3.63, 3.8) is 0 Å². The lowest BCUT2D eigenvalue weighted by molar-refractivity contribution is -0.117. The zero-order chi connectivity index (χ0) is 22.2. The number of methoxy groups -OCH3 is 1. The van der Waals surface area contributed by atoms with E-state index in [0.29, 0.717) is 33.0 Å². The third-order valence-electron chi connectivity index (χ3n) is 5.37. The molecule has 2 aromatic carbocycles. The lowest BCUT2D eigenvalue weighted by Gasteiger charge is -2.11. The van der Waals surface area contributed by atoms with Crippen molar-refractivity contribution >= 4 is 34.1 Å². The average Bonchev–Trinajstić information content (AvgIpc) is 3.53. The summed E-state index contributed by atoms with van der Waals surface area (Å²) in [6.45, 7) is -0.216. The van der Waals surface area contributed by atoms with E-state index >= 15 is 0 Å². The molecule has 5 rings (SSSR count). The van der Waals surface area contributed by atoms with Gasteiger partial charge in [0.05, 0.1) is 24.7 Å². The minimum atomic E-state index is -0.386. The van der Waals surface area contributed by atoms with Crippen LogP contribution < -0.4 is 15.6 Å². The molecule has 0 atom stereocenters. The van der Waals surface area contributed by atoms with Gasteiger partial charge >= 0.3 is 0 Å². The molecule has 0 spiro atoms. The second kappa shape index (κ2) is 8.12. The van der Waals surface area contributed by atoms with Gasteiger partial charge in [-0.2, -0.15) is 10.2 Å². The predicted octanol–water partition coefficient (Wildman–Crippen LogP) is 3.76. The minimum Gasteiger partial charge on any atom is -0.497 e. The van der Waals surface area contributed by atoms with E-state index in [1.807, 2.05) is 6.07 Å². The van der Waals surface area contributed by atoms with Crippen LogP contribution >= 0.6 is 11.6 Å². The third-order valence-corrected chi connectivity index (χ3v) is 5.61. The SMILES string of the molecule is COc1cccc(NC(=O)Cn2nc(C3CC3)c3cnn(-c4cccc(Cl)c4)c3c2=O)c1. The molecule has 4 aromatic rings. The highest BCUT2D eigenvalue weighted by Crippen LogP contribution is 2.41. The normalized spacial score (nSPS) is 13.3. The van der Waals surface area contributed by atoms with Gasteiger partial charge in [-0.3, -0.25) is 9.59 Å². The fraction of sp³-hybridized carbons (Fsp3) is 0.217. The lowest BCUT2D eigenvalue weighted by Crippen LogP contribution is -2.31. The van der Waals surface area contributed by atoms with Crippen LogP contribution in [0.3, 0.4) is 0 Å². The molecule has 1 fully saturated rings. The summed E-state index contributed by atoms with van der Waals surface area (Å²) < 4.78 is 7.97. The molecule has 0 saturated heterocycles. The number of rotatable bonds is 6. The Morgan fingerprint density at radius 3 is 2.78 bits per heavy atom. The van der Waals surface area contributed by atoms with Gasteiger partial charge in [0.25, 0.3) is 5.56 Å². The van der Waals surface area contributed by atoms with Crippen molar-refractivity contribution in [1.29, 1.82) is 0 Å². The maximum absolute atomic E-state index is 13.4. The second-order valence-corrected chi connectivity index (χ2v) is 8.14. The number of nitrogens with one attached hydrogen (secondary N) is 1. The Kier molecular flexibility index (Phi) is 5.14. The first-order chi connectivity index (χ1) is 15.5. The molecule has 0 radical (unpaired) electrons. The van der Waals surface area contributed by atoms with Crippen LogP contribution in [0, 0.1) is 0 Å². The molecule has 0 unspecified atom stereocenters. The molecule has 162 valence electrons. The van der Waals surface area contributed by atoms with Gasteiger partial charge in [-0.1, -0.05) is 23.7 Å². The molecular formula is C23H20ClN5O3. The van der Waals surface area contributed by atoms with Crippen LogP contribution in [0.25, 0.3) is 16.6 Å². The average molecular weight is 450 g/mol. The van der Waals surface area contributed by atoms with Crippen LogP contribution in [0.15, 0.2) is 59.5 Å². The van der Waals surface area contributed by atoms with E-state index in [0.717, 1.165) is 18.5 Å². The van der Waals surface area contributed by atoms with Crippen molar-refractivity contribution in [2.45, 2.75) is 25.3 Å². The Balaban J connectivity index is 1.54. The van der Waals surface area contributed by atoms with E-state index in [9.17, 15) is 9.59 Å². The van der Waals surface area contributed by atoms with Crippen LogP contribution in [0.5, 0.6) is 5.75 Å². The van der Waals surface area contributed by atoms with E-state index in [-0.39, 0.29) is 23.9 Å². The zero-order valence-electron chi connectivity index (χ0n) is 17.3. The summed E-state index contributed by atoms with van der Waals surface area (Å²) in [7, 11) is 1.56. The fourth-order valence-corrected chi connectivity index (χ4v) is 3.88. The van der Waals surface area contributed by atoms with Crippen LogP contribution in [0.1, 0.15) is 24.5 Å². The summed E-state index contributed by atoms with van der Waals surface area (Å²) in [5.74, 6) is 0.534. The van der Waals surface area contributed by atoms with Crippen LogP contribution in [-0.4, -0.2) is 32.6 Å². The van der Waals surface area contributed by atoms with Crippen molar-refractivity contribution in [3.05, 3.63) is 75.8 Å². The molecule has 1 saturated carbocycles. The molecule has 1 aliphatic carbocycles. The fourth-order valence-electron chi connectivity index (χ4n) is 3.70. The summed E-state index contributed by atoms with van der Waals surface area (Å²) in [4.78, 5) is 26.1. The Morgan fingerprint density at radius 2 is 2.03 bits per heavy atom. The van der Waals surface area contributed by atoms with Gasteiger partial charge in [0.2, 0.25) is 5.91 Å². The molecule has 0 bridgehead atoms. The molecular weight excluding hydrogens is 430 g/mol. The standard InChI is InChI=1S/C23H20ClN5O3/c1-32-18-7-3-5-16(11-18)26-20(30)13-28-23(31)22-19(21(27-28)14-8-9-14)12-25-29(22)17-6-2-4-15(24)10-17/h2-7,10-12,14H,8-9,13H2,1H3,(H,26,30). The molecule has 2 aromatic heterocycles. The number of nitrogens with zero attached hydrogens (tertiary/aromatic N) is 4. The van der Waals surface area contributed by atoms with E-state index < -0.39 is 0 Å². The molecule has 1 aliphatic rings. The lowest BCUT2D eigenvalue weighted by atomic mass is 10.2. The number of benzene rings is 2. The first-order valence-corrected chi connectivity index (χ1v) is 10.6. The monoisotopic (exact) mass is 449 g/mol. The van der Waals surface area contributed by atoms with Gasteiger partial charge in [-0.25, -0.2) is 9.36 Å². The Labute approximate surface area is 188 Å². The van der Waals surface area contributed by atoms with Gasteiger partial charge in [-0.05, 0) is 43.2 Å². The Bertz CT molecular complexity index is 1390. The topological polar surface area (TPSA) is 91.0 Å². The van der Waals surface area contributed by atoms with Crippen molar-refractivity contribution < 1.29 is 9.53 Å². The van der Waals surface area contributed by atoms with E-state index in [4.69, 9.17) is 16.3 Å². The number of aromatic nitrogens is 4. The third kappa shape index (κ3) is 3.85. The van der Waals surface area contributed by atoms with Gasteiger partial charge in [0.15, 0.2) is 0 Å². The van der Waals surface area contributed by atoms with Crippen LogP contribution in [-0.2, 0) is 11.3 Å². The summed E-state index contributed by atoms with van der Waals surface area (Å²) >= 11 is 6.14. The van der Waals surface area contributed by atoms with Crippen LogP contribution in [0.2, 0.25) is 5.02 Å². The Morgan fingerprint density at radius 1 is 1.22 bits per heavy atom. The summed E-state index contributed by atoms with van der Waals surface area (Å²) in [5, 5.41) is 13.0. The van der Waals surface area contributed by atoms with E-state index in [1.165, 1.54) is 4.68 Å². The molecule has 0 aliphatic heterocycles. The number of anilines is 1. The first-order valence-electron chi connectivity index (χ1n) is 10.2. The molecule has 8 nitrogen and oxygen atoms in total. The van der Waals surface area contributed by atoms with Gasteiger partial charge < -0.3 is 10.1 Å². The molecule has 32 heavy (non-hydrogen) atoms. The number of carbonyl (C=O) groups is 1. The van der Waals surface area contributed by atoms with Crippen molar-refractivity contribution in [3.8, 4) is 11.4 Å². The van der Waals surface area contributed by atoms with Crippen LogP contribution in [0.4, 0.5) is 5.69 Å². The molecule has 1 N–H and O–H groups in total. The number of ether oxygens (including phenoxy) is 1. The zero-order valence-corrected chi connectivity index (χ0v) is 18.0. The highest BCUT2D eigenvalue weighted by molar-refractivity contribution is 6.30. The predicted molar refractivity (Wildman–Crippen MR) is 122 cm³/mol. The smallest absolute Gasteiger partial charge is 0.293 e. The number of carbonyl (C=O) groups excluding carboxylic acids is 1. The highest BCUT2D eigenvalue weighted by atomic mass is 35.5. The Hall–Kier alpha value is -3.65. The van der Waals surface area contributed by atoms with Crippen molar-refractivity contribution in [2.24, 2.45) is 0 Å². The minimum absolute atomic E-state index is 0.216. The maximum atomic E-state index is 13.4. The second-order valence-electron chi connectivity index (χ2n) is 7.70. The largest absolute Gasteiger partial charge is 0.497 e. The number of amides is 1. The number of hydrogen-bond donors (Lipinski definition) is 1. The van der Waals surface area contributed by atoms with E-state index in [1.54, 1.807) is 60.5 Å². The first kappa shape index (κ1) is 20.3.